The third-order valence-electron chi connectivity index (χ3n) is 1.33. The molecule has 1 saturated heterocycles. The zero-order valence-corrected chi connectivity index (χ0v) is 7.20. The van der Waals surface area contributed by atoms with E-state index in [1.807, 2.05) is 6.92 Å². The zero-order valence-electron chi connectivity index (χ0n) is 5.63. The van der Waals surface area contributed by atoms with Gasteiger partial charge in [0.1, 0.15) is 0 Å². The molecule has 1 aliphatic rings. The highest BCUT2D eigenvalue weighted by atomic mass is 35.5. The normalized spacial score (nSPS) is 41.6. The molecule has 0 saturated carbocycles. The van der Waals surface area contributed by atoms with Gasteiger partial charge in [0, 0.05) is 11.3 Å². The highest BCUT2D eigenvalue weighted by Gasteiger charge is 2.30. The van der Waals surface area contributed by atoms with Gasteiger partial charge in [0.15, 0.2) is 0 Å². The van der Waals surface area contributed by atoms with Crippen molar-refractivity contribution in [3.8, 4) is 0 Å². The Morgan fingerprint density at radius 3 is 2.50 bits per heavy atom. The summed E-state index contributed by atoms with van der Waals surface area (Å²) < 4.78 is 20.0. The van der Waals surface area contributed by atoms with Crippen LogP contribution in [0.2, 0.25) is 0 Å². The van der Waals surface area contributed by atoms with Crippen molar-refractivity contribution in [1.29, 1.82) is 0 Å². The molecule has 0 radical (unpaired) electrons. The Kier molecular flexibility index (Phi) is 2.68. The maximum Gasteiger partial charge on any atom is 0.304 e. The fourth-order valence-electron chi connectivity index (χ4n) is 0.534. The standard InChI is InChI=1S/C5H9ClO3S/c1-5(2-6)3-8-10(7)9-4-5/h2-4H2,1H3. The van der Waals surface area contributed by atoms with Crippen LogP contribution in [0.3, 0.4) is 0 Å². The highest BCUT2D eigenvalue weighted by molar-refractivity contribution is 7.75. The minimum absolute atomic E-state index is 0.171. The first-order chi connectivity index (χ1) is 4.66. The largest absolute Gasteiger partial charge is 0.304 e. The van der Waals surface area contributed by atoms with Gasteiger partial charge in [-0.3, -0.25) is 8.37 Å². The Bertz CT molecular complexity index is 140. The third-order valence-corrected chi connectivity index (χ3v) is 2.60. The number of halogens is 1. The minimum Gasteiger partial charge on any atom is -0.268 e. The average Bonchev–Trinajstić information content (AvgIpc) is 1.96. The van der Waals surface area contributed by atoms with E-state index in [2.05, 4.69) is 0 Å². The molecular formula is C5H9ClO3S. The summed E-state index contributed by atoms with van der Waals surface area (Å²) in [6.07, 6.45) is 0. The molecule has 0 unspecified atom stereocenters. The Morgan fingerprint density at radius 1 is 1.60 bits per heavy atom. The van der Waals surface area contributed by atoms with Gasteiger partial charge in [-0.25, -0.2) is 0 Å². The van der Waals surface area contributed by atoms with E-state index >= 15 is 0 Å². The highest BCUT2D eigenvalue weighted by Crippen LogP contribution is 2.24. The lowest BCUT2D eigenvalue weighted by Gasteiger charge is -2.28. The van der Waals surface area contributed by atoms with Crippen LogP contribution in [0.4, 0.5) is 0 Å². The number of rotatable bonds is 1. The van der Waals surface area contributed by atoms with Crippen molar-refractivity contribution in [3.05, 3.63) is 0 Å². The van der Waals surface area contributed by atoms with Crippen LogP contribution in [0.15, 0.2) is 0 Å². The lowest BCUT2D eigenvalue weighted by atomic mass is 9.96. The van der Waals surface area contributed by atoms with Crippen LogP contribution in [-0.4, -0.2) is 23.3 Å². The molecule has 10 heavy (non-hydrogen) atoms. The first-order valence-corrected chi connectivity index (χ1v) is 4.44. The quantitative estimate of drug-likeness (QED) is 0.567. The molecule has 1 heterocycles. The van der Waals surface area contributed by atoms with E-state index in [9.17, 15) is 4.21 Å². The second-order valence-electron chi connectivity index (χ2n) is 2.67. The van der Waals surface area contributed by atoms with Gasteiger partial charge in [-0.05, 0) is 0 Å². The van der Waals surface area contributed by atoms with E-state index in [1.54, 1.807) is 0 Å². The minimum atomic E-state index is -1.55. The molecule has 3 nitrogen and oxygen atoms in total. The average molecular weight is 185 g/mol. The second kappa shape index (κ2) is 3.17. The number of hydrogen-bond donors (Lipinski definition) is 0. The van der Waals surface area contributed by atoms with Gasteiger partial charge in [-0.2, -0.15) is 4.21 Å². The van der Waals surface area contributed by atoms with E-state index in [0.29, 0.717) is 19.1 Å². The summed E-state index contributed by atoms with van der Waals surface area (Å²) in [6, 6.07) is 0. The lowest BCUT2D eigenvalue weighted by molar-refractivity contribution is 0.0687. The van der Waals surface area contributed by atoms with Crippen LogP contribution in [0.25, 0.3) is 0 Å². The smallest absolute Gasteiger partial charge is 0.268 e. The first kappa shape index (κ1) is 8.46. The maximum atomic E-state index is 10.5. The Hall–Kier alpha value is 0.360. The van der Waals surface area contributed by atoms with Crippen LogP contribution in [0.5, 0.6) is 0 Å². The van der Waals surface area contributed by atoms with Gasteiger partial charge in [-0.1, -0.05) is 6.92 Å². The van der Waals surface area contributed by atoms with Crippen LogP contribution in [0, 0.1) is 5.41 Å². The summed E-state index contributed by atoms with van der Waals surface area (Å²) in [7, 11) is 0. The summed E-state index contributed by atoms with van der Waals surface area (Å²) >= 11 is 4.06. The summed E-state index contributed by atoms with van der Waals surface area (Å²) in [6.45, 7) is 2.74. The van der Waals surface area contributed by atoms with Crippen LogP contribution in [0.1, 0.15) is 6.92 Å². The molecule has 1 aliphatic heterocycles. The summed E-state index contributed by atoms with van der Waals surface area (Å²) in [5.74, 6) is 0.462. The van der Waals surface area contributed by atoms with Crippen molar-refractivity contribution in [3.63, 3.8) is 0 Å². The van der Waals surface area contributed by atoms with Crippen molar-refractivity contribution in [1.82, 2.24) is 0 Å². The van der Waals surface area contributed by atoms with Crippen molar-refractivity contribution in [2.75, 3.05) is 19.1 Å². The number of alkyl halides is 1. The van der Waals surface area contributed by atoms with E-state index in [0.717, 1.165) is 0 Å². The summed E-state index contributed by atoms with van der Waals surface area (Å²) in [4.78, 5) is 0. The van der Waals surface area contributed by atoms with Crippen molar-refractivity contribution in [2.24, 2.45) is 5.41 Å². The van der Waals surface area contributed by atoms with Crippen molar-refractivity contribution < 1.29 is 12.6 Å². The predicted octanol–water partition coefficient (Wildman–Crippen LogP) is 0.857. The van der Waals surface area contributed by atoms with Gasteiger partial charge in [0.05, 0.1) is 13.2 Å². The molecule has 0 bridgehead atoms. The molecule has 1 rings (SSSR count). The predicted molar refractivity (Wildman–Crippen MR) is 38.9 cm³/mol. The molecule has 0 amide bonds. The van der Waals surface area contributed by atoms with E-state index in [-0.39, 0.29) is 5.41 Å². The van der Waals surface area contributed by atoms with Crippen molar-refractivity contribution >= 4 is 23.0 Å². The molecule has 60 valence electrons. The maximum absolute atomic E-state index is 10.5. The van der Waals surface area contributed by atoms with Crippen LogP contribution in [-0.2, 0) is 19.7 Å². The van der Waals surface area contributed by atoms with E-state index in [1.165, 1.54) is 0 Å². The Labute approximate surface area is 67.5 Å². The molecule has 1 fully saturated rings. The fourth-order valence-corrected chi connectivity index (χ4v) is 1.52. The molecular weight excluding hydrogens is 176 g/mol. The molecule has 0 aliphatic carbocycles. The topological polar surface area (TPSA) is 35.5 Å². The number of hydrogen-bond acceptors (Lipinski definition) is 3. The van der Waals surface area contributed by atoms with Gasteiger partial charge in [-0.15, -0.1) is 11.6 Å². The van der Waals surface area contributed by atoms with Gasteiger partial charge in [0.25, 0.3) is 0 Å². The molecule has 0 N–H and O–H groups in total. The lowest BCUT2D eigenvalue weighted by Crippen LogP contribution is -2.36. The molecule has 0 spiro atoms. The van der Waals surface area contributed by atoms with Crippen molar-refractivity contribution in [2.45, 2.75) is 6.92 Å². The SMILES string of the molecule is CC1(CCl)COS(=O)OC1. The monoisotopic (exact) mass is 184 g/mol. The van der Waals surface area contributed by atoms with Gasteiger partial charge in [0.2, 0.25) is 0 Å². The first-order valence-electron chi connectivity index (χ1n) is 2.91. The Morgan fingerprint density at radius 2 is 2.10 bits per heavy atom. The molecule has 0 aromatic carbocycles. The molecule has 0 atom stereocenters. The second-order valence-corrected chi connectivity index (χ2v) is 3.82. The molecule has 0 aromatic rings. The van der Waals surface area contributed by atoms with E-state index < -0.39 is 11.4 Å². The zero-order chi connectivity index (χ0) is 7.61. The summed E-state index contributed by atoms with van der Waals surface area (Å²) in [5.41, 5.74) is -0.171. The van der Waals surface area contributed by atoms with Crippen LogP contribution >= 0.6 is 11.6 Å². The van der Waals surface area contributed by atoms with Crippen LogP contribution < -0.4 is 0 Å². The Balaban J connectivity index is 2.46. The fraction of sp³-hybridized carbons (Fsp3) is 1.00. The van der Waals surface area contributed by atoms with E-state index in [4.69, 9.17) is 20.0 Å². The van der Waals surface area contributed by atoms with Gasteiger partial charge < -0.3 is 0 Å². The van der Waals surface area contributed by atoms with Gasteiger partial charge >= 0.3 is 11.4 Å². The molecule has 5 heteroatoms. The molecule has 0 aromatic heterocycles. The third kappa shape index (κ3) is 1.92. The summed E-state index contributed by atoms with van der Waals surface area (Å²) in [5, 5.41) is 0.